The second-order valence-corrected chi connectivity index (χ2v) is 14.5. The van der Waals surface area contributed by atoms with Crippen LogP contribution in [0.5, 0.6) is 0 Å². The molecule has 4 nitrogen and oxygen atoms in total. The maximum atomic E-state index is 6.35. The maximum absolute atomic E-state index is 6.35. The van der Waals surface area contributed by atoms with Crippen molar-refractivity contribution in [3.8, 4) is 0 Å². The van der Waals surface area contributed by atoms with E-state index in [1.165, 1.54) is 95.9 Å². The Morgan fingerprint density at radius 3 is 1.17 bits per heavy atom. The lowest BCUT2D eigenvalue weighted by atomic mass is 9.79. The smallest absolute Gasteiger partial charge is 0.192 e. The number of hydrogen-bond donors (Lipinski definition) is 0. The van der Waals surface area contributed by atoms with Gasteiger partial charge < -0.3 is 19.1 Å². The zero-order chi connectivity index (χ0) is 23.0. The van der Waals surface area contributed by atoms with Gasteiger partial charge in [0.15, 0.2) is 8.32 Å². The van der Waals surface area contributed by atoms with Crippen LogP contribution in [0, 0.1) is 5.41 Å². The highest BCUT2D eigenvalue weighted by molar-refractivity contribution is 6.73. The topological polar surface area (TPSA) is 19.0 Å². The average molecular weight is 444 g/mol. The molecule has 30 heavy (non-hydrogen) atoms. The fourth-order valence-corrected chi connectivity index (χ4v) is 8.57. The summed E-state index contributed by atoms with van der Waals surface area (Å²) < 4.78 is 6.35. The second-order valence-electron chi connectivity index (χ2n) is 9.93. The first-order valence-electron chi connectivity index (χ1n) is 12.9. The molecule has 0 bridgehead atoms. The summed E-state index contributed by atoms with van der Waals surface area (Å²) in [5.74, 6) is 0. The van der Waals surface area contributed by atoms with E-state index in [1.807, 2.05) is 7.11 Å². The van der Waals surface area contributed by atoms with Gasteiger partial charge in [0.05, 0.1) is 0 Å². The van der Waals surface area contributed by atoms with Gasteiger partial charge in [0.1, 0.15) is 0 Å². The lowest BCUT2D eigenvalue weighted by molar-refractivity contribution is 0.149. The van der Waals surface area contributed by atoms with Crippen LogP contribution in [0.2, 0.25) is 18.1 Å². The van der Waals surface area contributed by atoms with E-state index in [2.05, 4.69) is 70.5 Å². The Labute approximate surface area is 191 Å². The third-order valence-corrected chi connectivity index (χ3v) is 12.1. The molecule has 5 heteroatoms. The van der Waals surface area contributed by atoms with Gasteiger partial charge in [-0.2, -0.15) is 0 Å². The third kappa shape index (κ3) is 11.6. The zero-order valence-corrected chi connectivity index (χ0v) is 23.4. The van der Waals surface area contributed by atoms with Gasteiger partial charge in [0, 0.05) is 7.11 Å². The van der Waals surface area contributed by atoms with Crippen LogP contribution < -0.4 is 0 Å². The SMILES string of the molecule is CCCN(C)CCC(CCN(C)CCC)(CCN(C)CCC)C[Si](CC)(CC)OC. The van der Waals surface area contributed by atoms with Gasteiger partial charge in [0.2, 0.25) is 0 Å². The Morgan fingerprint density at radius 2 is 0.933 bits per heavy atom. The molecule has 0 aromatic rings. The van der Waals surface area contributed by atoms with Crippen molar-refractivity contribution in [1.82, 2.24) is 14.7 Å². The number of nitrogens with zero attached hydrogens (tertiary/aromatic N) is 3. The van der Waals surface area contributed by atoms with Gasteiger partial charge in [0.25, 0.3) is 0 Å². The molecule has 0 rings (SSSR count). The van der Waals surface area contributed by atoms with E-state index in [4.69, 9.17) is 4.43 Å². The third-order valence-electron chi connectivity index (χ3n) is 7.31. The van der Waals surface area contributed by atoms with Crippen molar-refractivity contribution in [3.63, 3.8) is 0 Å². The van der Waals surface area contributed by atoms with Crippen LogP contribution >= 0.6 is 0 Å². The van der Waals surface area contributed by atoms with E-state index in [-0.39, 0.29) is 0 Å². The van der Waals surface area contributed by atoms with Crippen LogP contribution in [0.4, 0.5) is 0 Å². The fraction of sp³-hybridized carbons (Fsp3) is 1.00. The van der Waals surface area contributed by atoms with Gasteiger partial charge in [-0.05, 0) is 122 Å². The first kappa shape index (κ1) is 30.1. The monoisotopic (exact) mass is 443 g/mol. The number of hydrogen-bond acceptors (Lipinski definition) is 4. The molecule has 182 valence electrons. The highest BCUT2D eigenvalue weighted by atomic mass is 28.4. The average Bonchev–Trinajstić information content (AvgIpc) is 2.74. The van der Waals surface area contributed by atoms with Crippen LogP contribution in [0.3, 0.4) is 0 Å². The molecule has 0 heterocycles. The van der Waals surface area contributed by atoms with Crippen molar-refractivity contribution < 1.29 is 4.43 Å². The standard InChI is InChI=1S/C25H57N3OSi/c1-10-18-26(6)21-15-25(16-22-27(7)19-11-2,17-23-28(8)20-12-3)24-30(13-4,14-5)29-9/h10-24H2,1-9H3. The van der Waals surface area contributed by atoms with E-state index in [9.17, 15) is 0 Å². The van der Waals surface area contributed by atoms with Gasteiger partial charge in [-0.3, -0.25) is 0 Å². The minimum absolute atomic E-state index is 0.389. The largest absolute Gasteiger partial charge is 0.420 e. The predicted octanol–water partition coefficient (Wildman–Crippen LogP) is 5.80. The summed E-state index contributed by atoms with van der Waals surface area (Å²) in [6.45, 7) is 18.9. The summed E-state index contributed by atoms with van der Waals surface area (Å²) in [6, 6.07) is 3.80. The van der Waals surface area contributed by atoms with E-state index >= 15 is 0 Å². The minimum atomic E-state index is -1.68. The van der Waals surface area contributed by atoms with Crippen molar-refractivity contribution in [1.29, 1.82) is 0 Å². The summed E-state index contributed by atoms with van der Waals surface area (Å²) in [5, 5.41) is 0. The van der Waals surface area contributed by atoms with Crippen molar-refractivity contribution in [3.05, 3.63) is 0 Å². The lowest BCUT2D eigenvalue weighted by Gasteiger charge is -2.43. The summed E-state index contributed by atoms with van der Waals surface area (Å²) in [7, 11) is 7.24. The molecule has 0 aliphatic rings. The molecule has 0 aliphatic heterocycles. The fourth-order valence-electron chi connectivity index (χ4n) is 4.95. The van der Waals surface area contributed by atoms with Crippen molar-refractivity contribution in [2.45, 2.75) is 91.3 Å². The van der Waals surface area contributed by atoms with Crippen LogP contribution in [0.25, 0.3) is 0 Å². The molecule has 0 N–H and O–H groups in total. The molecule has 0 spiro atoms. The summed E-state index contributed by atoms with van der Waals surface area (Å²) in [6.07, 6.45) is 7.64. The quantitative estimate of drug-likeness (QED) is 0.221. The lowest BCUT2D eigenvalue weighted by Crippen LogP contribution is -2.45. The molecule has 0 unspecified atom stereocenters. The second kappa shape index (κ2) is 16.7. The normalized spacial score (nSPS) is 13.2. The highest BCUT2D eigenvalue weighted by Crippen LogP contribution is 2.43. The Bertz CT molecular complexity index is 355. The molecule has 0 radical (unpaired) electrons. The van der Waals surface area contributed by atoms with E-state index < -0.39 is 8.32 Å². The summed E-state index contributed by atoms with van der Waals surface area (Å²) >= 11 is 0. The van der Waals surface area contributed by atoms with Crippen LogP contribution in [0.1, 0.15) is 73.1 Å². The molecular weight excluding hydrogens is 386 g/mol. The first-order chi connectivity index (χ1) is 14.3. The molecule has 0 atom stereocenters. The molecule has 0 saturated carbocycles. The Balaban J connectivity index is 5.69. The van der Waals surface area contributed by atoms with Gasteiger partial charge in [-0.15, -0.1) is 0 Å². The first-order valence-corrected chi connectivity index (χ1v) is 15.4. The van der Waals surface area contributed by atoms with Crippen molar-refractivity contribution in [2.75, 3.05) is 67.5 Å². The van der Waals surface area contributed by atoms with Crippen molar-refractivity contribution in [2.24, 2.45) is 5.41 Å². The molecule has 0 aromatic carbocycles. The van der Waals surface area contributed by atoms with E-state index in [0.29, 0.717) is 5.41 Å². The summed E-state index contributed by atoms with van der Waals surface area (Å²) in [5.41, 5.74) is 0.389. The molecule has 0 aliphatic carbocycles. The van der Waals surface area contributed by atoms with E-state index in [0.717, 1.165) is 0 Å². The van der Waals surface area contributed by atoms with Crippen molar-refractivity contribution >= 4 is 8.32 Å². The van der Waals surface area contributed by atoms with Crippen LogP contribution in [-0.2, 0) is 4.43 Å². The predicted molar refractivity (Wildman–Crippen MR) is 138 cm³/mol. The molecule has 0 amide bonds. The van der Waals surface area contributed by atoms with E-state index in [1.54, 1.807) is 0 Å². The maximum Gasteiger partial charge on any atom is 0.192 e. The Morgan fingerprint density at radius 1 is 0.600 bits per heavy atom. The zero-order valence-electron chi connectivity index (χ0n) is 22.4. The molecule has 0 saturated heterocycles. The Hall–Kier alpha value is 0.0569. The molecule has 0 fully saturated rings. The van der Waals surface area contributed by atoms with Gasteiger partial charge >= 0.3 is 0 Å². The van der Waals surface area contributed by atoms with Gasteiger partial charge in [-0.25, -0.2) is 0 Å². The van der Waals surface area contributed by atoms with Gasteiger partial charge in [-0.1, -0.05) is 34.6 Å². The highest BCUT2D eigenvalue weighted by Gasteiger charge is 2.41. The van der Waals surface area contributed by atoms with Crippen LogP contribution in [0.15, 0.2) is 0 Å². The minimum Gasteiger partial charge on any atom is -0.420 e. The Kier molecular flexibility index (Phi) is 16.7. The summed E-state index contributed by atoms with van der Waals surface area (Å²) in [4.78, 5) is 7.65. The molecule has 0 aromatic heterocycles. The number of rotatable bonds is 20. The molecular formula is C25H57N3OSi. The van der Waals surface area contributed by atoms with Crippen LogP contribution in [-0.4, -0.2) is 90.5 Å².